The molecule has 2 fully saturated rings. The molecule has 118 valence electrons. The lowest BCUT2D eigenvalue weighted by atomic mass is 9.80. The van der Waals surface area contributed by atoms with Gasteiger partial charge in [0.05, 0.1) is 5.60 Å². The first-order chi connectivity index (χ1) is 10.6. The standard InChI is InChI=1S/C15H22N6O/c1-11-17-18-13-3-4-14(19-21(11)13)20-8-12(9-20)7-16-10-15(22)5-2-6-15/h3-4,12,16,22H,2,5-10H2,1H3. The smallest absolute Gasteiger partial charge is 0.178 e. The molecule has 2 N–H and O–H groups in total. The highest BCUT2D eigenvalue weighted by Crippen LogP contribution is 2.30. The maximum atomic E-state index is 10.1. The van der Waals surface area contributed by atoms with Crippen molar-refractivity contribution in [2.24, 2.45) is 5.92 Å². The van der Waals surface area contributed by atoms with Crippen LogP contribution in [0.2, 0.25) is 0 Å². The lowest BCUT2D eigenvalue weighted by Crippen LogP contribution is -2.54. The van der Waals surface area contributed by atoms with E-state index in [2.05, 4.69) is 25.5 Å². The minimum atomic E-state index is -0.429. The second kappa shape index (κ2) is 5.17. The normalized spacial score (nSPS) is 20.9. The van der Waals surface area contributed by atoms with Crippen molar-refractivity contribution >= 4 is 11.5 Å². The number of hydrogen-bond acceptors (Lipinski definition) is 6. The van der Waals surface area contributed by atoms with Crippen LogP contribution in [0, 0.1) is 12.8 Å². The summed E-state index contributed by atoms with van der Waals surface area (Å²) in [5, 5.41) is 26.1. The molecule has 0 bridgehead atoms. The summed E-state index contributed by atoms with van der Waals surface area (Å²) in [6, 6.07) is 3.96. The molecule has 4 rings (SSSR count). The summed E-state index contributed by atoms with van der Waals surface area (Å²) in [5.74, 6) is 2.41. The van der Waals surface area contributed by atoms with Crippen molar-refractivity contribution < 1.29 is 5.11 Å². The molecule has 1 saturated carbocycles. The van der Waals surface area contributed by atoms with E-state index in [1.54, 1.807) is 4.52 Å². The number of aryl methyl sites for hydroxylation is 1. The fourth-order valence-corrected chi connectivity index (χ4v) is 3.21. The lowest BCUT2D eigenvalue weighted by molar-refractivity contribution is -0.0318. The number of rotatable bonds is 5. The van der Waals surface area contributed by atoms with E-state index >= 15 is 0 Å². The molecule has 1 aliphatic carbocycles. The summed E-state index contributed by atoms with van der Waals surface area (Å²) in [7, 11) is 0. The Bertz CT molecular complexity index is 674. The molecule has 3 heterocycles. The van der Waals surface area contributed by atoms with Gasteiger partial charge in [-0.25, -0.2) is 0 Å². The molecule has 7 heteroatoms. The number of aromatic nitrogens is 4. The van der Waals surface area contributed by atoms with E-state index < -0.39 is 5.60 Å². The van der Waals surface area contributed by atoms with Crippen molar-refractivity contribution in [1.82, 2.24) is 25.1 Å². The van der Waals surface area contributed by atoms with Crippen molar-refractivity contribution in [3.8, 4) is 0 Å². The molecule has 0 amide bonds. The summed E-state index contributed by atoms with van der Waals surface area (Å²) in [5.41, 5.74) is 0.357. The summed E-state index contributed by atoms with van der Waals surface area (Å²) in [6.45, 7) is 5.61. The van der Waals surface area contributed by atoms with Gasteiger partial charge in [-0.15, -0.1) is 15.3 Å². The van der Waals surface area contributed by atoms with Gasteiger partial charge in [0.15, 0.2) is 11.5 Å². The largest absolute Gasteiger partial charge is 0.389 e. The van der Waals surface area contributed by atoms with Crippen LogP contribution in [0.1, 0.15) is 25.1 Å². The number of anilines is 1. The Morgan fingerprint density at radius 1 is 1.32 bits per heavy atom. The zero-order valence-electron chi connectivity index (χ0n) is 12.9. The molecule has 0 unspecified atom stereocenters. The molecule has 0 radical (unpaired) electrons. The summed E-state index contributed by atoms with van der Waals surface area (Å²) >= 11 is 0. The molecule has 22 heavy (non-hydrogen) atoms. The van der Waals surface area contributed by atoms with Crippen molar-refractivity contribution in [3.63, 3.8) is 0 Å². The molecule has 1 saturated heterocycles. The Labute approximate surface area is 129 Å². The summed E-state index contributed by atoms with van der Waals surface area (Å²) < 4.78 is 1.78. The monoisotopic (exact) mass is 302 g/mol. The average Bonchev–Trinajstić information content (AvgIpc) is 2.80. The van der Waals surface area contributed by atoms with Gasteiger partial charge in [-0.2, -0.15) is 4.52 Å². The van der Waals surface area contributed by atoms with E-state index in [1.165, 1.54) is 0 Å². The number of fused-ring (bicyclic) bond motifs is 1. The van der Waals surface area contributed by atoms with Gasteiger partial charge in [0.1, 0.15) is 5.82 Å². The zero-order valence-corrected chi connectivity index (χ0v) is 12.9. The van der Waals surface area contributed by atoms with Gasteiger partial charge >= 0.3 is 0 Å². The van der Waals surface area contributed by atoms with Crippen LogP contribution in [-0.4, -0.2) is 56.7 Å². The van der Waals surface area contributed by atoms with Gasteiger partial charge in [-0.05, 0) is 38.3 Å². The number of nitrogens with one attached hydrogen (secondary N) is 1. The minimum Gasteiger partial charge on any atom is -0.389 e. The van der Waals surface area contributed by atoms with Gasteiger partial charge in [-0.3, -0.25) is 0 Å². The third-order valence-electron chi connectivity index (χ3n) is 4.86. The van der Waals surface area contributed by atoms with E-state index in [9.17, 15) is 5.11 Å². The quantitative estimate of drug-likeness (QED) is 0.831. The number of hydrogen-bond donors (Lipinski definition) is 2. The second-order valence-electron chi connectivity index (χ2n) is 6.69. The molecule has 7 nitrogen and oxygen atoms in total. The van der Waals surface area contributed by atoms with Gasteiger partial charge in [0.2, 0.25) is 0 Å². The fraction of sp³-hybridized carbons (Fsp3) is 0.667. The molecule has 0 spiro atoms. The molecule has 0 atom stereocenters. The van der Waals surface area contributed by atoms with Crippen molar-refractivity contribution in [2.75, 3.05) is 31.1 Å². The predicted octanol–water partition coefficient (Wildman–Crippen LogP) is 0.374. The molecule has 2 aromatic rings. The SMILES string of the molecule is Cc1nnc2ccc(N3CC(CNCC4(O)CCC4)C3)nn12. The third kappa shape index (κ3) is 2.44. The van der Waals surface area contributed by atoms with E-state index in [0.717, 1.165) is 62.7 Å². The highest BCUT2D eigenvalue weighted by Gasteiger charge is 2.34. The average molecular weight is 302 g/mol. The first-order valence-corrected chi connectivity index (χ1v) is 8.00. The molecule has 2 aromatic heterocycles. The van der Waals surface area contributed by atoms with Crippen molar-refractivity contribution in [1.29, 1.82) is 0 Å². The Kier molecular flexibility index (Phi) is 3.27. The van der Waals surface area contributed by atoms with Crippen LogP contribution in [-0.2, 0) is 0 Å². The maximum absolute atomic E-state index is 10.1. The van der Waals surface area contributed by atoms with Gasteiger partial charge in [0.25, 0.3) is 0 Å². The molecule has 0 aromatic carbocycles. The fourth-order valence-electron chi connectivity index (χ4n) is 3.21. The van der Waals surface area contributed by atoms with Crippen molar-refractivity contribution in [3.05, 3.63) is 18.0 Å². The van der Waals surface area contributed by atoms with Crippen LogP contribution >= 0.6 is 0 Å². The van der Waals surface area contributed by atoms with E-state index in [-0.39, 0.29) is 0 Å². The van der Waals surface area contributed by atoms with Crippen LogP contribution in [0.25, 0.3) is 5.65 Å². The predicted molar refractivity (Wildman–Crippen MR) is 82.9 cm³/mol. The number of aliphatic hydroxyl groups is 1. The Morgan fingerprint density at radius 3 is 2.86 bits per heavy atom. The maximum Gasteiger partial charge on any atom is 0.178 e. The molecule has 2 aliphatic rings. The molecular weight excluding hydrogens is 280 g/mol. The van der Waals surface area contributed by atoms with E-state index in [0.29, 0.717) is 5.92 Å². The first kappa shape index (κ1) is 13.9. The Morgan fingerprint density at radius 2 is 2.14 bits per heavy atom. The van der Waals surface area contributed by atoms with Gasteiger partial charge < -0.3 is 15.3 Å². The van der Waals surface area contributed by atoms with E-state index in [4.69, 9.17) is 0 Å². The van der Waals surface area contributed by atoms with E-state index in [1.807, 2.05) is 19.1 Å². The molecule has 1 aliphatic heterocycles. The van der Waals surface area contributed by atoms with Gasteiger partial charge in [-0.1, -0.05) is 0 Å². The Hall–Kier alpha value is -1.73. The van der Waals surface area contributed by atoms with Crippen LogP contribution in [0.4, 0.5) is 5.82 Å². The van der Waals surface area contributed by atoms with Gasteiger partial charge in [0, 0.05) is 32.1 Å². The number of nitrogens with zero attached hydrogens (tertiary/aromatic N) is 5. The Balaban J connectivity index is 1.29. The van der Waals surface area contributed by atoms with Crippen LogP contribution in [0.5, 0.6) is 0 Å². The van der Waals surface area contributed by atoms with Crippen LogP contribution in [0.15, 0.2) is 12.1 Å². The third-order valence-corrected chi connectivity index (χ3v) is 4.86. The van der Waals surface area contributed by atoms with Crippen LogP contribution in [0.3, 0.4) is 0 Å². The topological polar surface area (TPSA) is 78.6 Å². The summed E-state index contributed by atoms with van der Waals surface area (Å²) in [4.78, 5) is 2.27. The van der Waals surface area contributed by atoms with Crippen LogP contribution < -0.4 is 10.2 Å². The first-order valence-electron chi connectivity index (χ1n) is 8.00. The zero-order chi connectivity index (χ0) is 15.2. The lowest BCUT2D eigenvalue weighted by Gasteiger charge is -2.41. The molecular formula is C15H22N6O. The highest BCUT2D eigenvalue weighted by molar-refractivity contribution is 5.47. The second-order valence-corrected chi connectivity index (χ2v) is 6.69. The summed E-state index contributed by atoms with van der Waals surface area (Å²) in [6.07, 6.45) is 3.05. The van der Waals surface area contributed by atoms with Crippen molar-refractivity contribution in [2.45, 2.75) is 31.8 Å². The highest BCUT2D eigenvalue weighted by atomic mass is 16.3. The minimum absolute atomic E-state index is 0.429.